The highest BCUT2D eigenvalue weighted by Gasteiger charge is 2.28. The minimum absolute atomic E-state index is 0.0236. The Morgan fingerprint density at radius 2 is 2.20 bits per heavy atom. The number of carbonyl (C=O) groups excluding carboxylic acids is 1. The van der Waals surface area contributed by atoms with Crippen LogP contribution >= 0.6 is 11.3 Å². The third-order valence-electron chi connectivity index (χ3n) is 3.39. The van der Waals surface area contributed by atoms with Crippen molar-refractivity contribution < 1.29 is 13.2 Å². The summed E-state index contributed by atoms with van der Waals surface area (Å²) >= 11 is 1.32. The summed E-state index contributed by atoms with van der Waals surface area (Å²) in [5.41, 5.74) is 6.64. The lowest BCUT2D eigenvalue weighted by molar-refractivity contribution is 0.0954. The number of hydrogen-bond acceptors (Lipinski definition) is 5. The van der Waals surface area contributed by atoms with Gasteiger partial charge in [0.15, 0.2) is 9.84 Å². The smallest absolute Gasteiger partial charge is 0.261 e. The third-order valence-corrected chi connectivity index (χ3v) is 5.31. The zero-order chi connectivity index (χ0) is 14.9. The summed E-state index contributed by atoms with van der Waals surface area (Å²) in [5.74, 6) is 0.347. The average Bonchev–Trinajstić information content (AvgIpc) is 3.11. The molecule has 0 aliphatic heterocycles. The van der Waals surface area contributed by atoms with Gasteiger partial charge in [0.1, 0.15) is 0 Å². The lowest BCUT2D eigenvalue weighted by Crippen LogP contribution is -2.38. The van der Waals surface area contributed by atoms with Crippen molar-refractivity contribution in [1.82, 2.24) is 5.32 Å². The molecule has 7 heteroatoms. The molecule has 20 heavy (non-hydrogen) atoms. The largest absolute Gasteiger partial charge is 0.350 e. The first kappa shape index (κ1) is 15.5. The van der Waals surface area contributed by atoms with Crippen LogP contribution in [0.25, 0.3) is 0 Å². The molecule has 1 aromatic heterocycles. The highest BCUT2D eigenvalue weighted by molar-refractivity contribution is 7.89. The van der Waals surface area contributed by atoms with E-state index >= 15 is 0 Å². The summed E-state index contributed by atoms with van der Waals surface area (Å²) in [7, 11) is -3.09. The van der Waals surface area contributed by atoms with Crippen LogP contribution in [0.4, 0.5) is 0 Å². The normalized spacial score (nSPS) is 16.9. The maximum atomic E-state index is 12.0. The fourth-order valence-electron chi connectivity index (χ4n) is 2.05. The second-order valence-electron chi connectivity index (χ2n) is 5.47. The molecule has 0 spiro atoms. The van der Waals surface area contributed by atoms with Crippen LogP contribution < -0.4 is 11.1 Å². The quantitative estimate of drug-likeness (QED) is 0.821. The number of amides is 1. The highest BCUT2D eigenvalue weighted by Crippen LogP contribution is 2.31. The number of hydrogen-bond donors (Lipinski definition) is 2. The van der Waals surface area contributed by atoms with Crippen LogP contribution in [0.2, 0.25) is 0 Å². The number of aryl methyl sites for hydroxylation is 1. The molecule has 1 fully saturated rings. The van der Waals surface area contributed by atoms with Crippen LogP contribution in [0.1, 0.15) is 33.0 Å². The molecule has 112 valence electrons. The second kappa shape index (κ2) is 5.83. The van der Waals surface area contributed by atoms with Gasteiger partial charge in [-0.15, -0.1) is 11.3 Å². The van der Waals surface area contributed by atoms with Gasteiger partial charge in [-0.3, -0.25) is 4.79 Å². The summed E-state index contributed by atoms with van der Waals surface area (Å²) < 4.78 is 22.6. The molecule has 0 radical (unpaired) electrons. The van der Waals surface area contributed by atoms with Crippen molar-refractivity contribution in [1.29, 1.82) is 0 Å². The Morgan fingerprint density at radius 1 is 1.55 bits per heavy atom. The van der Waals surface area contributed by atoms with Crippen LogP contribution in [0.3, 0.4) is 0 Å². The van der Waals surface area contributed by atoms with Gasteiger partial charge in [-0.05, 0) is 37.3 Å². The summed E-state index contributed by atoms with van der Waals surface area (Å²) in [5, 5.41) is 2.82. The minimum Gasteiger partial charge on any atom is -0.350 e. The first-order chi connectivity index (χ1) is 9.26. The molecule has 1 unspecified atom stereocenters. The lowest BCUT2D eigenvalue weighted by atomic mass is 10.2. The molecule has 1 amide bonds. The van der Waals surface area contributed by atoms with Crippen LogP contribution in [0.15, 0.2) is 6.07 Å². The van der Waals surface area contributed by atoms with Gasteiger partial charge in [-0.25, -0.2) is 8.42 Å². The number of nitrogens with one attached hydrogen (secondary N) is 1. The maximum Gasteiger partial charge on any atom is 0.261 e. The second-order valence-corrected chi connectivity index (χ2v) is 8.87. The number of thiophene rings is 1. The molecule has 5 nitrogen and oxygen atoms in total. The molecule has 0 saturated heterocycles. The van der Waals surface area contributed by atoms with Crippen molar-refractivity contribution in [3.05, 3.63) is 21.4 Å². The molecule has 1 heterocycles. The molecule has 1 atom stereocenters. The number of carbonyl (C=O) groups is 1. The summed E-state index contributed by atoms with van der Waals surface area (Å²) in [6.07, 6.45) is 3.49. The predicted octanol–water partition coefficient (Wildman–Crippen LogP) is 1.07. The number of nitrogens with two attached hydrogens (primary N) is 1. The van der Waals surface area contributed by atoms with Gasteiger partial charge in [0.05, 0.1) is 10.6 Å². The van der Waals surface area contributed by atoms with Crippen LogP contribution in [-0.4, -0.2) is 33.2 Å². The van der Waals surface area contributed by atoms with Crippen molar-refractivity contribution >= 4 is 27.1 Å². The van der Waals surface area contributed by atoms with E-state index in [1.165, 1.54) is 17.6 Å². The first-order valence-electron chi connectivity index (χ1n) is 6.57. The monoisotopic (exact) mass is 316 g/mol. The van der Waals surface area contributed by atoms with E-state index in [0.29, 0.717) is 22.9 Å². The number of sulfone groups is 1. The fourth-order valence-corrected chi connectivity index (χ4v) is 3.96. The van der Waals surface area contributed by atoms with E-state index in [2.05, 4.69) is 5.32 Å². The van der Waals surface area contributed by atoms with E-state index in [1.807, 2.05) is 6.92 Å². The molecular weight excluding hydrogens is 296 g/mol. The van der Waals surface area contributed by atoms with Crippen LogP contribution in [-0.2, 0) is 15.6 Å². The zero-order valence-corrected chi connectivity index (χ0v) is 13.3. The van der Waals surface area contributed by atoms with Gasteiger partial charge in [-0.1, -0.05) is 0 Å². The Bertz CT molecular complexity index is 603. The van der Waals surface area contributed by atoms with Crippen molar-refractivity contribution in [2.75, 3.05) is 12.8 Å². The minimum atomic E-state index is -3.09. The topological polar surface area (TPSA) is 89.3 Å². The summed E-state index contributed by atoms with van der Waals surface area (Å²) in [4.78, 5) is 13.4. The maximum absolute atomic E-state index is 12.0. The molecule has 1 saturated carbocycles. The zero-order valence-electron chi connectivity index (χ0n) is 11.7. The lowest BCUT2D eigenvalue weighted by Gasteiger charge is -2.10. The van der Waals surface area contributed by atoms with Crippen molar-refractivity contribution in [2.45, 2.75) is 31.6 Å². The number of rotatable bonds is 6. The summed E-state index contributed by atoms with van der Waals surface area (Å²) in [6.45, 7) is 2.31. The SMILES string of the molecule is Cc1sc(C(=O)NCC(N)C2CC2)cc1CS(C)(=O)=O. The van der Waals surface area contributed by atoms with Crippen LogP contribution in [0.5, 0.6) is 0 Å². The molecule has 2 rings (SSSR count). The van der Waals surface area contributed by atoms with Gasteiger partial charge in [0.2, 0.25) is 0 Å². The highest BCUT2D eigenvalue weighted by atomic mass is 32.2. The Hall–Kier alpha value is -0.920. The van der Waals surface area contributed by atoms with E-state index in [4.69, 9.17) is 5.73 Å². The van der Waals surface area contributed by atoms with Gasteiger partial charge < -0.3 is 11.1 Å². The Kier molecular flexibility index (Phi) is 4.51. The Labute approximate surface area is 123 Å². The summed E-state index contributed by atoms with van der Waals surface area (Å²) in [6, 6.07) is 1.69. The molecular formula is C13H20N2O3S2. The van der Waals surface area contributed by atoms with E-state index in [-0.39, 0.29) is 17.7 Å². The first-order valence-corrected chi connectivity index (χ1v) is 9.45. The van der Waals surface area contributed by atoms with E-state index in [9.17, 15) is 13.2 Å². The molecule has 1 aliphatic rings. The Balaban J connectivity index is 1.97. The third kappa shape index (κ3) is 4.29. The molecule has 1 aliphatic carbocycles. The predicted molar refractivity (Wildman–Crippen MR) is 80.6 cm³/mol. The van der Waals surface area contributed by atoms with Crippen LogP contribution in [0, 0.1) is 12.8 Å². The van der Waals surface area contributed by atoms with Gasteiger partial charge in [-0.2, -0.15) is 0 Å². The standard InChI is InChI=1S/C13H20N2O3S2/c1-8-10(7-20(2,17)18)5-12(19-8)13(16)15-6-11(14)9-3-4-9/h5,9,11H,3-4,6-7,14H2,1-2H3,(H,15,16). The van der Waals surface area contributed by atoms with Crippen molar-refractivity contribution in [3.63, 3.8) is 0 Å². The van der Waals surface area contributed by atoms with Gasteiger partial charge in [0, 0.05) is 23.7 Å². The fraction of sp³-hybridized carbons (Fsp3) is 0.615. The van der Waals surface area contributed by atoms with Crippen molar-refractivity contribution in [2.24, 2.45) is 11.7 Å². The van der Waals surface area contributed by atoms with Gasteiger partial charge in [0.25, 0.3) is 5.91 Å². The molecule has 0 aromatic carbocycles. The molecule has 1 aromatic rings. The molecule has 3 N–H and O–H groups in total. The average molecular weight is 316 g/mol. The molecule has 0 bridgehead atoms. The van der Waals surface area contributed by atoms with E-state index in [0.717, 1.165) is 17.7 Å². The van der Waals surface area contributed by atoms with Gasteiger partial charge >= 0.3 is 0 Å². The van der Waals surface area contributed by atoms with E-state index in [1.54, 1.807) is 6.07 Å². The van der Waals surface area contributed by atoms with Crippen molar-refractivity contribution in [3.8, 4) is 0 Å². The van der Waals surface area contributed by atoms with E-state index < -0.39 is 9.84 Å². The Morgan fingerprint density at radius 3 is 2.75 bits per heavy atom.